The fourth-order valence-corrected chi connectivity index (χ4v) is 4.65. The molecule has 0 N–H and O–H groups in total. The van der Waals surface area contributed by atoms with Crippen molar-refractivity contribution in [3.8, 4) is 17.0 Å². The van der Waals surface area contributed by atoms with Crippen LogP contribution < -0.4 is 4.74 Å². The average molecular weight is 386 g/mol. The highest BCUT2D eigenvalue weighted by atomic mass is 33.1. The number of hydrogen-bond donors (Lipinski definition) is 0. The van der Waals surface area contributed by atoms with E-state index in [1.165, 1.54) is 5.56 Å². The summed E-state index contributed by atoms with van der Waals surface area (Å²) in [6, 6.07) is 18.3. The van der Waals surface area contributed by atoms with E-state index in [4.69, 9.17) is 4.74 Å². The van der Waals surface area contributed by atoms with Crippen LogP contribution in [0, 0.1) is 0 Å². The van der Waals surface area contributed by atoms with Crippen molar-refractivity contribution in [2.75, 3.05) is 7.11 Å². The maximum Gasteiger partial charge on any atom is 0.133 e. The van der Waals surface area contributed by atoms with Gasteiger partial charge in [-0.2, -0.15) is 0 Å². The number of para-hydroxylation sites is 1. The van der Waals surface area contributed by atoms with Gasteiger partial charge in [-0.05, 0) is 28.5 Å². The molecule has 6 heteroatoms. The van der Waals surface area contributed by atoms with Crippen molar-refractivity contribution in [3.63, 3.8) is 0 Å². The third-order valence-corrected chi connectivity index (χ3v) is 6.97. The molecule has 0 bridgehead atoms. The molecule has 0 saturated carbocycles. The maximum absolute atomic E-state index is 5.53. The van der Waals surface area contributed by atoms with Crippen LogP contribution in [0.15, 0.2) is 59.6 Å². The standard InChI is InChI=1S/C20H23N3OS2/c1-20(2,3)26-25-19-18(16-12-8-9-13-17(16)24-4)21-22-23(19)14-15-10-6-5-7-11-15/h5-13H,14H2,1-4H3. The number of ether oxygens (including phenoxy) is 1. The van der Waals surface area contributed by atoms with E-state index in [0.29, 0.717) is 6.54 Å². The van der Waals surface area contributed by atoms with Gasteiger partial charge in [0.05, 0.1) is 13.7 Å². The van der Waals surface area contributed by atoms with E-state index in [0.717, 1.165) is 22.0 Å². The van der Waals surface area contributed by atoms with Crippen molar-refractivity contribution < 1.29 is 4.74 Å². The lowest BCUT2D eigenvalue weighted by molar-refractivity contribution is 0.416. The second-order valence-corrected chi connectivity index (χ2v) is 9.81. The molecule has 0 aliphatic rings. The molecule has 26 heavy (non-hydrogen) atoms. The molecule has 3 aromatic rings. The number of benzene rings is 2. The first-order chi connectivity index (χ1) is 12.5. The molecule has 3 rings (SSSR count). The molecule has 0 amide bonds. The third-order valence-electron chi connectivity index (χ3n) is 3.60. The zero-order valence-electron chi connectivity index (χ0n) is 15.5. The summed E-state index contributed by atoms with van der Waals surface area (Å²) in [6.07, 6.45) is 0. The van der Waals surface area contributed by atoms with Crippen LogP contribution in [0.2, 0.25) is 0 Å². The Morgan fingerprint density at radius 3 is 2.38 bits per heavy atom. The van der Waals surface area contributed by atoms with Crippen LogP contribution in [0.4, 0.5) is 0 Å². The highest BCUT2D eigenvalue weighted by Crippen LogP contribution is 2.44. The molecule has 0 atom stereocenters. The molecule has 4 nitrogen and oxygen atoms in total. The lowest BCUT2D eigenvalue weighted by atomic mass is 10.1. The minimum Gasteiger partial charge on any atom is -0.496 e. The van der Waals surface area contributed by atoms with Crippen LogP contribution >= 0.6 is 21.6 Å². The number of rotatable bonds is 6. The largest absolute Gasteiger partial charge is 0.496 e. The summed E-state index contributed by atoms with van der Waals surface area (Å²) in [7, 11) is 5.22. The monoisotopic (exact) mass is 385 g/mol. The molecule has 0 radical (unpaired) electrons. The summed E-state index contributed by atoms with van der Waals surface area (Å²) in [6.45, 7) is 7.31. The predicted molar refractivity (Wildman–Crippen MR) is 111 cm³/mol. The highest BCUT2D eigenvalue weighted by molar-refractivity contribution is 8.77. The van der Waals surface area contributed by atoms with Crippen molar-refractivity contribution in [2.45, 2.75) is 37.1 Å². The first-order valence-corrected chi connectivity index (χ1v) is 10.6. The minimum atomic E-state index is 0.130. The summed E-state index contributed by atoms with van der Waals surface area (Å²) in [5.74, 6) is 0.807. The van der Waals surface area contributed by atoms with E-state index >= 15 is 0 Å². The molecule has 0 aliphatic heterocycles. The SMILES string of the molecule is COc1ccccc1-c1nnn(Cc2ccccc2)c1SSC(C)(C)C. The normalized spacial score (nSPS) is 11.5. The summed E-state index contributed by atoms with van der Waals surface area (Å²) in [5, 5.41) is 9.97. The van der Waals surface area contributed by atoms with Gasteiger partial charge in [0.15, 0.2) is 0 Å². The van der Waals surface area contributed by atoms with E-state index in [9.17, 15) is 0 Å². The number of hydrogen-bond acceptors (Lipinski definition) is 5. The zero-order chi connectivity index (χ0) is 18.6. The summed E-state index contributed by atoms with van der Waals surface area (Å²) < 4.78 is 7.64. The van der Waals surface area contributed by atoms with Gasteiger partial charge in [-0.15, -0.1) is 5.10 Å². The number of aromatic nitrogens is 3. The Kier molecular flexibility index (Phi) is 5.94. The van der Waals surface area contributed by atoms with Gasteiger partial charge in [0, 0.05) is 10.3 Å². The van der Waals surface area contributed by atoms with Crippen molar-refractivity contribution in [3.05, 3.63) is 60.2 Å². The first-order valence-electron chi connectivity index (χ1n) is 8.44. The van der Waals surface area contributed by atoms with E-state index in [1.807, 2.05) is 57.9 Å². The second kappa shape index (κ2) is 8.18. The van der Waals surface area contributed by atoms with Crippen LogP contribution in [-0.2, 0) is 6.54 Å². The fraction of sp³-hybridized carbons (Fsp3) is 0.300. The van der Waals surface area contributed by atoms with Crippen molar-refractivity contribution in [2.24, 2.45) is 0 Å². The first kappa shape index (κ1) is 18.9. The van der Waals surface area contributed by atoms with E-state index in [1.54, 1.807) is 17.9 Å². The third kappa shape index (κ3) is 4.62. The fourth-order valence-electron chi connectivity index (χ4n) is 2.42. The molecular weight excluding hydrogens is 362 g/mol. The molecule has 1 aromatic heterocycles. The Morgan fingerprint density at radius 2 is 1.69 bits per heavy atom. The molecule has 0 aliphatic carbocycles. The van der Waals surface area contributed by atoms with Crippen LogP contribution in [-0.4, -0.2) is 26.9 Å². The Bertz CT molecular complexity index is 857. The maximum atomic E-state index is 5.53. The van der Waals surface area contributed by atoms with Gasteiger partial charge >= 0.3 is 0 Å². The lowest BCUT2D eigenvalue weighted by Crippen LogP contribution is -2.07. The van der Waals surface area contributed by atoms with Gasteiger partial charge in [0.25, 0.3) is 0 Å². The van der Waals surface area contributed by atoms with E-state index in [2.05, 4.69) is 43.2 Å². The zero-order valence-corrected chi connectivity index (χ0v) is 17.1. The van der Waals surface area contributed by atoms with Gasteiger partial charge in [0.2, 0.25) is 0 Å². The molecule has 0 saturated heterocycles. The van der Waals surface area contributed by atoms with E-state index in [-0.39, 0.29) is 4.75 Å². The summed E-state index contributed by atoms with van der Waals surface area (Å²) in [4.78, 5) is 0. The van der Waals surface area contributed by atoms with Gasteiger partial charge in [0.1, 0.15) is 16.5 Å². The summed E-state index contributed by atoms with van der Waals surface area (Å²) >= 11 is 0. The average Bonchev–Trinajstić information content (AvgIpc) is 3.02. The molecule has 0 unspecified atom stereocenters. The Morgan fingerprint density at radius 1 is 1.00 bits per heavy atom. The van der Waals surface area contributed by atoms with Crippen LogP contribution in [0.1, 0.15) is 26.3 Å². The Balaban J connectivity index is 2.01. The number of nitrogens with zero attached hydrogens (tertiary/aromatic N) is 3. The van der Waals surface area contributed by atoms with Gasteiger partial charge in [-0.3, -0.25) is 0 Å². The molecule has 0 fully saturated rings. The smallest absolute Gasteiger partial charge is 0.133 e. The van der Waals surface area contributed by atoms with Crippen LogP contribution in [0.3, 0.4) is 0 Å². The molecular formula is C20H23N3OS2. The van der Waals surface area contributed by atoms with Gasteiger partial charge in [-0.1, -0.05) is 79.2 Å². The van der Waals surface area contributed by atoms with Crippen molar-refractivity contribution in [1.29, 1.82) is 0 Å². The topological polar surface area (TPSA) is 39.9 Å². The van der Waals surface area contributed by atoms with E-state index < -0.39 is 0 Å². The van der Waals surface area contributed by atoms with Crippen molar-refractivity contribution >= 4 is 21.6 Å². The molecule has 0 spiro atoms. The lowest BCUT2D eigenvalue weighted by Gasteiger charge is -2.17. The second-order valence-electron chi connectivity index (χ2n) is 6.87. The predicted octanol–water partition coefficient (Wildman–Crippen LogP) is 5.54. The Labute approximate surface area is 162 Å². The van der Waals surface area contributed by atoms with Gasteiger partial charge < -0.3 is 4.74 Å². The molecule has 136 valence electrons. The van der Waals surface area contributed by atoms with Crippen molar-refractivity contribution in [1.82, 2.24) is 15.0 Å². The Hall–Kier alpha value is -1.92. The number of methoxy groups -OCH3 is 1. The minimum absolute atomic E-state index is 0.130. The molecule has 2 aromatic carbocycles. The summed E-state index contributed by atoms with van der Waals surface area (Å²) in [5.41, 5.74) is 3.03. The van der Waals surface area contributed by atoms with Crippen LogP contribution in [0.25, 0.3) is 11.3 Å². The quantitative estimate of drug-likeness (QED) is 0.521. The van der Waals surface area contributed by atoms with Gasteiger partial charge in [-0.25, -0.2) is 4.68 Å². The highest BCUT2D eigenvalue weighted by Gasteiger charge is 2.21. The van der Waals surface area contributed by atoms with Crippen LogP contribution in [0.5, 0.6) is 5.75 Å². The molecule has 1 heterocycles.